The van der Waals surface area contributed by atoms with Crippen LogP contribution in [0.5, 0.6) is 0 Å². The first kappa shape index (κ1) is 14.8. The van der Waals surface area contributed by atoms with Gasteiger partial charge in [0.15, 0.2) is 5.82 Å². The number of hydrogen-bond donors (Lipinski definition) is 0. The van der Waals surface area contributed by atoms with E-state index in [1.807, 2.05) is 24.0 Å². The van der Waals surface area contributed by atoms with Crippen LogP contribution in [0.25, 0.3) is 0 Å². The van der Waals surface area contributed by atoms with Crippen LogP contribution in [0.3, 0.4) is 0 Å². The Morgan fingerprint density at radius 2 is 2.30 bits per heavy atom. The van der Waals surface area contributed by atoms with Crippen molar-refractivity contribution in [3.8, 4) is 0 Å². The first-order valence-electron chi connectivity index (χ1n) is 8.13. The Kier molecular flexibility index (Phi) is 3.85. The summed E-state index contributed by atoms with van der Waals surface area (Å²) in [7, 11) is 0. The molecule has 0 unspecified atom stereocenters. The van der Waals surface area contributed by atoms with Crippen molar-refractivity contribution < 1.29 is 9.32 Å². The normalized spacial score (nSPS) is 23.3. The van der Waals surface area contributed by atoms with Crippen LogP contribution >= 0.6 is 11.8 Å². The van der Waals surface area contributed by atoms with Crippen molar-refractivity contribution in [2.24, 2.45) is 0 Å². The highest BCUT2D eigenvalue weighted by atomic mass is 32.2. The third-order valence-electron chi connectivity index (χ3n) is 4.54. The molecule has 0 saturated carbocycles. The molecular weight excluding hydrogens is 310 g/mol. The van der Waals surface area contributed by atoms with Crippen LogP contribution in [-0.4, -0.2) is 32.7 Å². The summed E-state index contributed by atoms with van der Waals surface area (Å²) in [6, 6.07) is 8.25. The van der Waals surface area contributed by atoms with Crippen LogP contribution in [0.4, 0.5) is 0 Å². The summed E-state index contributed by atoms with van der Waals surface area (Å²) in [6.45, 7) is 2.77. The lowest BCUT2D eigenvalue weighted by Gasteiger charge is -2.24. The molecule has 0 N–H and O–H groups in total. The van der Waals surface area contributed by atoms with Gasteiger partial charge in [-0.25, -0.2) is 0 Å². The molecule has 2 atom stereocenters. The Morgan fingerprint density at radius 3 is 3.09 bits per heavy atom. The Balaban J connectivity index is 1.52. The van der Waals surface area contributed by atoms with Crippen molar-refractivity contribution in [3.63, 3.8) is 0 Å². The molecule has 0 bridgehead atoms. The van der Waals surface area contributed by atoms with Crippen LogP contribution in [0.15, 0.2) is 33.7 Å². The summed E-state index contributed by atoms with van der Waals surface area (Å²) in [4.78, 5) is 20.6. The molecule has 1 aromatic heterocycles. The summed E-state index contributed by atoms with van der Waals surface area (Å²) in [5.41, 5.74) is 1.28. The first-order valence-corrected chi connectivity index (χ1v) is 9.01. The van der Waals surface area contributed by atoms with Gasteiger partial charge in [-0.05, 0) is 30.9 Å². The molecule has 120 valence electrons. The summed E-state index contributed by atoms with van der Waals surface area (Å²) in [5, 5.41) is 4.06. The minimum atomic E-state index is -0.0316. The van der Waals surface area contributed by atoms with E-state index in [1.54, 1.807) is 11.8 Å². The zero-order valence-electron chi connectivity index (χ0n) is 13.1. The van der Waals surface area contributed by atoms with Gasteiger partial charge in [-0.15, -0.1) is 11.8 Å². The number of carbonyl (C=O) groups excluding carboxylic acids is 1. The quantitative estimate of drug-likeness (QED) is 0.866. The van der Waals surface area contributed by atoms with Crippen molar-refractivity contribution in [1.29, 1.82) is 0 Å². The molecule has 1 aromatic carbocycles. The summed E-state index contributed by atoms with van der Waals surface area (Å²) in [6.07, 6.45) is 3.45. The first-order chi connectivity index (χ1) is 11.3. The standard InChI is InChI=1S/C17H19N3O2S/c1-2-15-18-16(19-22-15)12-7-5-9-20(12)17(21)14-10-11-6-3-4-8-13(11)23-14/h3-4,6,8,12,14H,2,5,7,9-10H2,1H3/t12-,14-/m0/s1. The largest absolute Gasteiger partial charge is 0.339 e. The molecule has 5 nitrogen and oxygen atoms in total. The lowest BCUT2D eigenvalue weighted by atomic mass is 10.1. The van der Waals surface area contributed by atoms with Gasteiger partial charge in [0.2, 0.25) is 11.8 Å². The topological polar surface area (TPSA) is 59.2 Å². The van der Waals surface area contributed by atoms with Gasteiger partial charge in [-0.1, -0.05) is 30.3 Å². The number of aryl methyl sites for hydroxylation is 1. The smallest absolute Gasteiger partial charge is 0.237 e. The van der Waals surface area contributed by atoms with Crippen molar-refractivity contribution in [2.45, 2.75) is 48.8 Å². The number of benzene rings is 1. The molecule has 6 heteroatoms. The second kappa shape index (κ2) is 6.00. The van der Waals surface area contributed by atoms with Gasteiger partial charge in [0.25, 0.3) is 0 Å². The van der Waals surface area contributed by atoms with Gasteiger partial charge >= 0.3 is 0 Å². The van der Waals surface area contributed by atoms with E-state index in [1.165, 1.54) is 10.5 Å². The zero-order chi connectivity index (χ0) is 15.8. The molecule has 1 amide bonds. The number of carbonyl (C=O) groups is 1. The summed E-state index contributed by atoms with van der Waals surface area (Å²) < 4.78 is 5.23. The van der Waals surface area contributed by atoms with Gasteiger partial charge in [0.1, 0.15) is 0 Å². The highest BCUT2D eigenvalue weighted by Crippen LogP contribution is 2.40. The van der Waals surface area contributed by atoms with Crippen LogP contribution in [0.2, 0.25) is 0 Å². The minimum Gasteiger partial charge on any atom is -0.339 e. The van der Waals surface area contributed by atoms with Gasteiger partial charge in [-0.3, -0.25) is 4.79 Å². The van der Waals surface area contributed by atoms with Crippen LogP contribution in [-0.2, 0) is 17.6 Å². The fourth-order valence-electron chi connectivity index (χ4n) is 3.35. The lowest BCUT2D eigenvalue weighted by Crippen LogP contribution is -2.37. The highest BCUT2D eigenvalue weighted by Gasteiger charge is 2.38. The molecule has 1 fully saturated rings. The number of aromatic nitrogens is 2. The predicted octanol–water partition coefficient (Wildman–Crippen LogP) is 3.01. The van der Waals surface area contributed by atoms with Crippen molar-refractivity contribution in [1.82, 2.24) is 15.0 Å². The molecule has 3 heterocycles. The maximum atomic E-state index is 13.0. The maximum absolute atomic E-state index is 13.0. The third-order valence-corrected chi connectivity index (χ3v) is 5.85. The molecule has 4 rings (SSSR count). The molecule has 23 heavy (non-hydrogen) atoms. The molecule has 0 spiro atoms. The van der Waals surface area contributed by atoms with Gasteiger partial charge in [0, 0.05) is 17.9 Å². The minimum absolute atomic E-state index is 0.0226. The molecule has 0 radical (unpaired) electrons. The van der Waals surface area contributed by atoms with Crippen LogP contribution in [0.1, 0.15) is 43.1 Å². The zero-order valence-corrected chi connectivity index (χ0v) is 13.9. The Bertz CT molecular complexity index is 705. The number of thioether (sulfide) groups is 1. The van der Waals surface area contributed by atoms with E-state index in [0.717, 1.165) is 32.2 Å². The number of fused-ring (bicyclic) bond motifs is 1. The molecule has 2 aliphatic rings. The van der Waals surface area contributed by atoms with Crippen LogP contribution < -0.4 is 0 Å². The number of hydrogen-bond acceptors (Lipinski definition) is 5. The molecule has 0 aliphatic carbocycles. The number of amides is 1. The van der Waals surface area contributed by atoms with Crippen molar-refractivity contribution >= 4 is 17.7 Å². The van der Waals surface area contributed by atoms with E-state index in [2.05, 4.69) is 22.3 Å². The fraction of sp³-hybridized carbons (Fsp3) is 0.471. The maximum Gasteiger partial charge on any atom is 0.237 e. The second-order valence-corrected chi connectivity index (χ2v) is 7.25. The van der Waals surface area contributed by atoms with E-state index in [0.29, 0.717) is 11.7 Å². The van der Waals surface area contributed by atoms with Gasteiger partial charge in [0.05, 0.1) is 11.3 Å². The Morgan fingerprint density at radius 1 is 1.43 bits per heavy atom. The summed E-state index contributed by atoms with van der Waals surface area (Å²) in [5.74, 6) is 1.51. The van der Waals surface area contributed by atoms with Crippen LogP contribution in [0, 0.1) is 0 Å². The summed E-state index contributed by atoms with van der Waals surface area (Å²) >= 11 is 1.68. The number of likely N-dealkylation sites (tertiary alicyclic amines) is 1. The SMILES string of the molecule is CCc1nc([C@@H]2CCCN2C(=O)[C@@H]2Cc3ccccc3S2)no1. The lowest BCUT2D eigenvalue weighted by molar-refractivity contribution is -0.131. The third kappa shape index (κ3) is 2.65. The van der Waals surface area contributed by atoms with Gasteiger partial charge < -0.3 is 9.42 Å². The van der Waals surface area contributed by atoms with Gasteiger partial charge in [-0.2, -0.15) is 4.98 Å². The Labute approximate surface area is 139 Å². The fourth-order valence-corrected chi connectivity index (χ4v) is 4.62. The molecular formula is C17H19N3O2S. The monoisotopic (exact) mass is 329 g/mol. The molecule has 2 aromatic rings. The van der Waals surface area contributed by atoms with E-state index in [-0.39, 0.29) is 17.2 Å². The van der Waals surface area contributed by atoms with Crippen molar-refractivity contribution in [3.05, 3.63) is 41.5 Å². The van der Waals surface area contributed by atoms with E-state index >= 15 is 0 Å². The van der Waals surface area contributed by atoms with Crippen molar-refractivity contribution in [2.75, 3.05) is 6.54 Å². The van der Waals surface area contributed by atoms with E-state index in [9.17, 15) is 4.79 Å². The number of nitrogens with zero attached hydrogens (tertiary/aromatic N) is 3. The van der Waals surface area contributed by atoms with E-state index < -0.39 is 0 Å². The Hall–Kier alpha value is -1.82. The highest BCUT2D eigenvalue weighted by molar-refractivity contribution is 8.01. The average molecular weight is 329 g/mol. The molecule has 1 saturated heterocycles. The van der Waals surface area contributed by atoms with E-state index in [4.69, 9.17) is 4.52 Å². The molecule has 2 aliphatic heterocycles. The second-order valence-electron chi connectivity index (χ2n) is 6.01. The predicted molar refractivity (Wildman–Crippen MR) is 87.2 cm³/mol. The average Bonchev–Trinajstić information content (AvgIpc) is 3.30. The number of rotatable bonds is 3.